The highest BCUT2D eigenvalue weighted by Gasteiger charge is 2.24. The number of aromatic nitrogens is 4. The lowest BCUT2D eigenvalue weighted by Crippen LogP contribution is -2.39. The Balaban J connectivity index is 1.49. The van der Waals surface area contributed by atoms with Gasteiger partial charge < -0.3 is 9.47 Å². The molecule has 7 nitrogen and oxygen atoms in total. The Labute approximate surface area is 139 Å². The number of nitrogens with zero attached hydrogens (tertiary/aromatic N) is 5. The highest BCUT2D eigenvalue weighted by molar-refractivity contribution is 5.90. The van der Waals surface area contributed by atoms with E-state index in [1.165, 1.54) is 5.69 Å². The van der Waals surface area contributed by atoms with Crippen molar-refractivity contribution < 1.29 is 4.79 Å². The van der Waals surface area contributed by atoms with Crippen LogP contribution >= 0.6 is 0 Å². The van der Waals surface area contributed by atoms with Crippen molar-refractivity contribution in [1.82, 2.24) is 24.6 Å². The molecule has 2 amide bonds. The summed E-state index contributed by atoms with van der Waals surface area (Å²) in [6, 6.07) is 9.36. The molecule has 0 bridgehead atoms. The fourth-order valence-corrected chi connectivity index (χ4v) is 3.05. The van der Waals surface area contributed by atoms with Gasteiger partial charge in [0.1, 0.15) is 0 Å². The summed E-state index contributed by atoms with van der Waals surface area (Å²) in [5.41, 5.74) is 3.01. The number of fused-ring (bicyclic) bond motifs is 2. The van der Waals surface area contributed by atoms with Crippen LogP contribution in [0, 0.1) is 0 Å². The molecule has 0 saturated heterocycles. The second kappa shape index (κ2) is 5.92. The number of benzene rings is 1. The number of hydrogen-bond acceptors (Lipinski definition) is 4. The third-order valence-corrected chi connectivity index (χ3v) is 4.35. The number of amides is 2. The zero-order valence-electron chi connectivity index (χ0n) is 13.4. The van der Waals surface area contributed by atoms with Gasteiger partial charge in [-0.3, -0.25) is 5.32 Å². The van der Waals surface area contributed by atoms with Gasteiger partial charge in [-0.15, -0.1) is 10.2 Å². The lowest BCUT2D eigenvalue weighted by molar-refractivity contribution is 0.205. The molecule has 2 aromatic heterocycles. The number of imidazole rings is 1. The fourth-order valence-electron chi connectivity index (χ4n) is 3.05. The second-order valence-corrected chi connectivity index (χ2v) is 5.81. The maximum atomic E-state index is 12.5. The van der Waals surface area contributed by atoms with E-state index in [0.717, 1.165) is 29.6 Å². The van der Waals surface area contributed by atoms with Crippen LogP contribution < -0.4 is 5.32 Å². The first-order valence-electron chi connectivity index (χ1n) is 8.06. The van der Waals surface area contributed by atoms with Crippen LogP contribution in [0.1, 0.15) is 18.3 Å². The van der Waals surface area contributed by atoms with Crippen molar-refractivity contribution in [3.05, 3.63) is 48.0 Å². The van der Waals surface area contributed by atoms with Gasteiger partial charge in [0.15, 0.2) is 5.82 Å². The average molecular weight is 322 g/mol. The van der Waals surface area contributed by atoms with Crippen molar-refractivity contribution >= 4 is 22.8 Å². The summed E-state index contributed by atoms with van der Waals surface area (Å²) in [5.74, 6) is 0.462. The summed E-state index contributed by atoms with van der Waals surface area (Å²) in [6.07, 6.45) is 2.67. The summed E-state index contributed by atoms with van der Waals surface area (Å²) in [6.45, 7) is 4.20. The average Bonchev–Trinajstić information content (AvgIpc) is 3.04. The SMILES string of the molecule is CCn1cnc2c1CCN(C(=O)Nc1cc3ccccc3nn1)C2. The molecule has 3 aromatic rings. The number of nitrogens with one attached hydrogen (secondary N) is 1. The normalized spacial score (nSPS) is 13.8. The van der Waals surface area contributed by atoms with Gasteiger partial charge in [0.2, 0.25) is 0 Å². The summed E-state index contributed by atoms with van der Waals surface area (Å²) in [7, 11) is 0. The molecule has 0 spiro atoms. The Morgan fingerprint density at radius 3 is 3.04 bits per heavy atom. The van der Waals surface area contributed by atoms with E-state index in [-0.39, 0.29) is 6.03 Å². The highest BCUT2D eigenvalue weighted by Crippen LogP contribution is 2.19. The van der Waals surface area contributed by atoms with Gasteiger partial charge >= 0.3 is 6.03 Å². The fraction of sp³-hybridized carbons (Fsp3) is 0.294. The van der Waals surface area contributed by atoms with Crippen molar-refractivity contribution in [1.29, 1.82) is 0 Å². The van der Waals surface area contributed by atoms with Crippen molar-refractivity contribution in [3.63, 3.8) is 0 Å². The molecule has 7 heteroatoms. The van der Waals surface area contributed by atoms with E-state index in [1.54, 1.807) is 4.90 Å². The summed E-state index contributed by atoms with van der Waals surface area (Å²) >= 11 is 0. The zero-order valence-corrected chi connectivity index (χ0v) is 13.4. The number of aryl methyl sites for hydroxylation is 1. The van der Waals surface area contributed by atoms with Crippen LogP contribution in [-0.4, -0.2) is 37.2 Å². The van der Waals surface area contributed by atoms with E-state index in [1.807, 2.05) is 36.7 Å². The van der Waals surface area contributed by atoms with Crippen LogP contribution in [-0.2, 0) is 19.5 Å². The molecule has 1 aliphatic heterocycles. The molecule has 0 unspecified atom stereocenters. The number of rotatable bonds is 2. The van der Waals surface area contributed by atoms with E-state index in [0.29, 0.717) is 18.9 Å². The highest BCUT2D eigenvalue weighted by atomic mass is 16.2. The standard InChI is InChI=1S/C17H18N6O/c1-2-22-11-18-14-10-23(8-7-15(14)22)17(24)19-16-9-12-5-3-4-6-13(12)20-21-16/h3-6,9,11H,2,7-8,10H2,1H3,(H,19,21,24). The maximum Gasteiger partial charge on any atom is 0.323 e. The molecule has 3 heterocycles. The molecule has 1 N–H and O–H groups in total. The number of hydrogen-bond donors (Lipinski definition) is 1. The maximum absolute atomic E-state index is 12.5. The molecule has 122 valence electrons. The van der Waals surface area contributed by atoms with Crippen LogP contribution in [0.15, 0.2) is 36.7 Å². The minimum Gasteiger partial charge on any atom is -0.334 e. The smallest absolute Gasteiger partial charge is 0.323 e. The first-order valence-corrected chi connectivity index (χ1v) is 8.06. The molecule has 1 aromatic carbocycles. The third kappa shape index (κ3) is 2.58. The molecular weight excluding hydrogens is 304 g/mol. The quantitative estimate of drug-likeness (QED) is 0.786. The predicted molar refractivity (Wildman–Crippen MR) is 90.6 cm³/mol. The largest absolute Gasteiger partial charge is 0.334 e. The van der Waals surface area contributed by atoms with Gasteiger partial charge in [-0.1, -0.05) is 18.2 Å². The van der Waals surface area contributed by atoms with Crippen molar-refractivity contribution in [2.24, 2.45) is 0 Å². The molecule has 0 aliphatic carbocycles. The summed E-state index contributed by atoms with van der Waals surface area (Å²) in [4.78, 5) is 18.7. The van der Waals surface area contributed by atoms with E-state index >= 15 is 0 Å². The minimum absolute atomic E-state index is 0.170. The molecule has 0 atom stereocenters. The molecule has 4 rings (SSSR count). The van der Waals surface area contributed by atoms with Gasteiger partial charge in [-0.05, 0) is 19.1 Å². The van der Waals surface area contributed by atoms with Gasteiger partial charge in [0, 0.05) is 30.6 Å². The van der Waals surface area contributed by atoms with Crippen molar-refractivity contribution in [3.8, 4) is 0 Å². The molecule has 24 heavy (non-hydrogen) atoms. The van der Waals surface area contributed by atoms with Crippen LogP contribution in [0.3, 0.4) is 0 Å². The van der Waals surface area contributed by atoms with Crippen LogP contribution in [0.25, 0.3) is 10.9 Å². The zero-order chi connectivity index (χ0) is 16.5. The molecular formula is C17H18N6O. The topological polar surface area (TPSA) is 75.9 Å². The molecule has 0 saturated carbocycles. The number of anilines is 1. The Hall–Kier alpha value is -2.96. The van der Waals surface area contributed by atoms with Crippen molar-refractivity contribution in [2.75, 3.05) is 11.9 Å². The van der Waals surface area contributed by atoms with E-state index in [9.17, 15) is 4.79 Å². The Kier molecular flexibility index (Phi) is 3.60. The van der Waals surface area contributed by atoms with E-state index in [2.05, 4.69) is 32.0 Å². The van der Waals surface area contributed by atoms with E-state index < -0.39 is 0 Å². The van der Waals surface area contributed by atoms with Crippen molar-refractivity contribution in [2.45, 2.75) is 26.4 Å². The Morgan fingerprint density at radius 1 is 1.29 bits per heavy atom. The lowest BCUT2D eigenvalue weighted by Gasteiger charge is -2.27. The first kappa shape index (κ1) is 14.6. The summed E-state index contributed by atoms with van der Waals surface area (Å²) < 4.78 is 2.14. The third-order valence-electron chi connectivity index (χ3n) is 4.35. The molecule has 0 fully saturated rings. The summed E-state index contributed by atoms with van der Waals surface area (Å²) in [5, 5.41) is 12.0. The lowest BCUT2D eigenvalue weighted by atomic mass is 10.1. The number of carbonyl (C=O) groups excluding carboxylic acids is 1. The Bertz CT molecular complexity index is 903. The first-order chi connectivity index (χ1) is 11.7. The van der Waals surface area contributed by atoms with Crippen LogP contribution in [0.5, 0.6) is 0 Å². The Morgan fingerprint density at radius 2 is 2.17 bits per heavy atom. The molecule has 1 aliphatic rings. The predicted octanol–water partition coefficient (Wildman–Crippen LogP) is 2.44. The monoisotopic (exact) mass is 322 g/mol. The van der Waals surface area contributed by atoms with Gasteiger partial charge in [0.05, 0.1) is 24.1 Å². The minimum atomic E-state index is -0.170. The van der Waals surface area contributed by atoms with Gasteiger partial charge in [0.25, 0.3) is 0 Å². The van der Waals surface area contributed by atoms with Gasteiger partial charge in [-0.2, -0.15) is 0 Å². The number of urea groups is 1. The number of carbonyl (C=O) groups is 1. The van der Waals surface area contributed by atoms with Gasteiger partial charge in [-0.25, -0.2) is 9.78 Å². The van der Waals surface area contributed by atoms with Crippen LogP contribution in [0.4, 0.5) is 10.6 Å². The molecule has 0 radical (unpaired) electrons. The second-order valence-electron chi connectivity index (χ2n) is 5.81. The van der Waals surface area contributed by atoms with E-state index in [4.69, 9.17) is 0 Å². The van der Waals surface area contributed by atoms with Crippen LogP contribution in [0.2, 0.25) is 0 Å².